The highest BCUT2D eigenvalue weighted by Gasteiger charge is 2.29. The van der Waals surface area contributed by atoms with Gasteiger partial charge in [0.2, 0.25) is 0 Å². The largest absolute Gasteiger partial charge is 0.492 e. The van der Waals surface area contributed by atoms with Crippen LogP contribution >= 0.6 is 23.4 Å². The first-order chi connectivity index (χ1) is 21.1. The molecule has 1 amide bonds. The normalized spacial score (nSPS) is 16.6. The molecule has 9 heteroatoms. The maximum absolute atomic E-state index is 13.1. The topological polar surface area (TPSA) is 63.0 Å². The SMILES string of the molecule is CCCCOc1ccc(-c2nn(-c3ccccc3)cc2/C=C2\SC(N3CCN(Cc4ccccc4)CC3)=NC2=O)cc1Cl. The minimum Gasteiger partial charge on any atom is -0.492 e. The number of unbranched alkanes of at least 4 members (excludes halogenated alkanes) is 1. The molecule has 0 N–H and O–H groups in total. The predicted molar refractivity (Wildman–Crippen MR) is 176 cm³/mol. The number of carbonyl (C=O) groups is 1. The summed E-state index contributed by atoms with van der Waals surface area (Å²) in [4.78, 5) is 22.8. The van der Waals surface area contributed by atoms with Crippen LogP contribution in [0.25, 0.3) is 23.0 Å². The van der Waals surface area contributed by atoms with Gasteiger partial charge in [-0.2, -0.15) is 10.1 Å². The number of aliphatic imine (C=N–C) groups is 1. The third kappa shape index (κ3) is 7.04. The number of aromatic nitrogens is 2. The minimum absolute atomic E-state index is 0.220. The second-order valence-corrected chi connectivity index (χ2v) is 12.0. The lowest BCUT2D eigenvalue weighted by molar-refractivity contribution is -0.113. The molecular weight excluding hydrogens is 578 g/mol. The fourth-order valence-electron chi connectivity index (χ4n) is 5.14. The highest BCUT2D eigenvalue weighted by atomic mass is 35.5. The molecule has 1 saturated heterocycles. The van der Waals surface area contributed by atoms with Crippen LogP contribution in [-0.4, -0.2) is 63.4 Å². The Morgan fingerprint density at radius 3 is 2.44 bits per heavy atom. The lowest BCUT2D eigenvalue weighted by Gasteiger charge is -2.35. The Hall–Kier alpha value is -3.85. The summed E-state index contributed by atoms with van der Waals surface area (Å²) in [5, 5.41) is 6.21. The van der Waals surface area contributed by atoms with Crippen LogP contribution in [0.4, 0.5) is 0 Å². The molecule has 0 radical (unpaired) electrons. The average molecular weight is 612 g/mol. The van der Waals surface area contributed by atoms with Gasteiger partial charge in [0.05, 0.1) is 22.2 Å². The third-order valence-electron chi connectivity index (χ3n) is 7.51. The molecule has 220 valence electrons. The van der Waals surface area contributed by atoms with Crippen LogP contribution in [-0.2, 0) is 11.3 Å². The lowest BCUT2D eigenvalue weighted by Crippen LogP contribution is -2.47. The first-order valence-electron chi connectivity index (χ1n) is 14.7. The van der Waals surface area contributed by atoms with Crippen molar-refractivity contribution >= 4 is 40.5 Å². The zero-order valence-corrected chi connectivity index (χ0v) is 25.7. The van der Waals surface area contributed by atoms with Gasteiger partial charge in [0.1, 0.15) is 11.4 Å². The number of nitrogens with zero attached hydrogens (tertiary/aromatic N) is 5. The van der Waals surface area contributed by atoms with Gasteiger partial charge < -0.3 is 9.64 Å². The second-order valence-electron chi connectivity index (χ2n) is 10.6. The minimum atomic E-state index is -0.220. The van der Waals surface area contributed by atoms with Crippen molar-refractivity contribution in [1.29, 1.82) is 0 Å². The van der Waals surface area contributed by atoms with Crippen LogP contribution in [0.3, 0.4) is 0 Å². The van der Waals surface area contributed by atoms with Gasteiger partial charge in [0.15, 0.2) is 5.17 Å². The predicted octanol–water partition coefficient (Wildman–Crippen LogP) is 7.16. The highest BCUT2D eigenvalue weighted by Crippen LogP contribution is 2.36. The van der Waals surface area contributed by atoms with Crippen molar-refractivity contribution in [3.05, 3.63) is 106 Å². The van der Waals surface area contributed by atoms with Crippen molar-refractivity contribution < 1.29 is 9.53 Å². The number of piperazine rings is 1. The van der Waals surface area contributed by atoms with Gasteiger partial charge in [-0.05, 0) is 60.2 Å². The zero-order valence-electron chi connectivity index (χ0n) is 24.2. The van der Waals surface area contributed by atoms with Gasteiger partial charge in [-0.15, -0.1) is 0 Å². The number of carbonyl (C=O) groups excluding carboxylic acids is 1. The van der Waals surface area contributed by atoms with Gasteiger partial charge in [0.25, 0.3) is 5.91 Å². The first-order valence-corrected chi connectivity index (χ1v) is 15.9. The molecule has 0 spiro atoms. The van der Waals surface area contributed by atoms with E-state index in [9.17, 15) is 4.79 Å². The first kappa shape index (κ1) is 29.2. The molecule has 4 aromatic rings. The zero-order chi connectivity index (χ0) is 29.6. The molecule has 0 saturated carbocycles. The molecule has 0 atom stereocenters. The van der Waals surface area contributed by atoms with Gasteiger partial charge in [0, 0.05) is 50.0 Å². The summed E-state index contributed by atoms with van der Waals surface area (Å²) in [5.74, 6) is 0.438. The van der Waals surface area contributed by atoms with E-state index in [1.54, 1.807) is 0 Å². The highest BCUT2D eigenvalue weighted by molar-refractivity contribution is 8.18. The standard InChI is InChI=1S/C34H34ClN5O2S/c1-2-3-20-42-30-15-14-26(21-29(30)35)32-27(24-40(37-32)28-12-8-5-9-13-28)22-31-33(41)36-34(43-31)39-18-16-38(17-19-39)23-25-10-6-4-7-11-25/h4-15,21-22,24H,2-3,16-20,23H2,1H3/b31-22-. The Morgan fingerprint density at radius 1 is 0.977 bits per heavy atom. The van der Waals surface area contributed by atoms with Crippen LogP contribution in [0.2, 0.25) is 5.02 Å². The van der Waals surface area contributed by atoms with E-state index in [0.717, 1.165) is 73.2 Å². The fourth-order valence-corrected chi connectivity index (χ4v) is 6.33. The summed E-state index contributed by atoms with van der Waals surface area (Å²) in [6.45, 7) is 7.20. The molecule has 2 aliphatic heterocycles. The molecule has 3 aromatic carbocycles. The maximum atomic E-state index is 13.1. The van der Waals surface area contributed by atoms with E-state index in [2.05, 4.69) is 46.0 Å². The number of hydrogen-bond donors (Lipinski definition) is 0. The molecular formula is C34H34ClN5O2S. The van der Waals surface area contributed by atoms with E-state index >= 15 is 0 Å². The number of amides is 1. The van der Waals surface area contributed by atoms with Gasteiger partial charge >= 0.3 is 0 Å². The van der Waals surface area contributed by atoms with Crippen molar-refractivity contribution in [3.8, 4) is 22.7 Å². The third-order valence-corrected chi connectivity index (χ3v) is 8.85. The summed E-state index contributed by atoms with van der Waals surface area (Å²) in [7, 11) is 0. The number of rotatable bonds is 9. The number of hydrogen-bond acceptors (Lipinski definition) is 6. The second kappa shape index (κ2) is 13.6. The van der Waals surface area contributed by atoms with E-state index in [4.69, 9.17) is 21.4 Å². The Bertz CT molecular complexity index is 1630. The summed E-state index contributed by atoms with van der Waals surface area (Å²) < 4.78 is 7.69. The summed E-state index contributed by atoms with van der Waals surface area (Å²) in [6.07, 6.45) is 5.87. The van der Waals surface area contributed by atoms with Crippen molar-refractivity contribution in [2.75, 3.05) is 32.8 Å². The summed E-state index contributed by atoms with van der Waals surface area (Å²) >= 11 is 8.06. The average Bonchev–Trinajstić information content (AvgIpc) is 3.63. The van der Waals surface area contributed by atoms with Crippen LogP contribution in [0, 0.1) is 0 Å². The van der Waals surface area contributed by atoms with E-state index in [-0.39, 0.29) is 5.91 Å². The Kier molecular flexibility index (Phi) is 9.27. The fraction of sp³-hybridized carbons (Fsp3) is 0.265. The molecule has 43 heavy (non-hydrogen) atoms. The van der Waals surface area contributed by atoms with Gasteiger partial charge in [-0.25, -0.2) is 4.68 Å². The lowest BCUT2D eigenvalue weighted by atomic mass is 10.1. The molecule has 1 fully saturated rings. The van der Waals surface area contributed by atoms with Crippen molar-refractivity contribution in [3.63, 3.8) is 0 Å². The molecule has 7 nitrogen and oxygen atoms in total. The number of halogens is 1. The number of thioether (sulfide) groups is 1. The van der Waals surface area contributed by atoms with E-state index < -0.39 is 0 Å². The number of ether oxygens (including phenoxy) is 1. The Balaban J connectivity index is 1.21. The van der Waals surface area contributed by atoms with E-state index in [1.165, 1.54) is 17.3 Å². The van der Waals surface area contributed by atoms with E-state index in [0.29, 0.717) is 22.3 Å². The molecule has 0 bridgehead atoms. The molecule has 1 aromatic heterocycles. The van der Waals surface area contributed by atoms with Crippen LogP contribution < -0.4 is 4.74 Å². The Labute approximate surface area is 261 Å². The van der Waals surface area contributed by atoms with Crippen molar-refractivity contribution in [2.24, 2.45) is 4.99 Å². The van der Waals surface area contributed by atoms with Crippen LogP contribution in [0.5, 0.6) is 5.75 Å². The van der Waals surface area contributed by atoms with Crippen LogP contribution in [0.15, 0.2) is 95.0 Å². The number of para-hydroxylation sites is 1. The smallest absolute Gasteiger partial charge is 0.286 e. The molecule has 3 heterocycles. The van der Waals surface area contributed by atoms with Crippen LogP contribution in [0.1, 0.15) is 30.9 Å². The van der Waals surface area contributed by atoms with Crippen molar-refractivity contribution in [1.82, 2.24) is 19.6 Å². The molecule has 2 aliphatic rings. The van der Waals surface area contributed by atoms with E-state index in [1.807, 2.05) is 71.6 Å². The summed E-state index contributed by atoms with van der Waals surface area (Å²) in [6, 6.07) is 26.2. The van der Waals surface area contributed by atoms with Gasteiger partial charge in [-0.1, -0.05) is 73.5 Å². The molecule has 0 aliphatic carbocycles. The quantitative estimate of drug-likeness (QED) is 0.148. The number of benzene rings is 3. The van der Waals surface area contributed by atoms with Crippen molar-refractivity contribution in [2.45, 2.75) is 26.3 Å². The number of amidine groups is 1. The monoisotopic (exact) mass is 611 g/mol. The Morgan fingerprint density at radius 2 is 1.72 bits per heavy atom. The molecule has 0 unspecified atom stereocenters. The maximum Gasteiger partial charge on any atom is 0.286 e. The summed E-state index contributed by atoms with van der Waals surface area (Å²) in [5.41, 5.74) is 4.64. The molecule has 6 rings (SSSR count). The van der Waals surface area contributed by atoms with Gasteiger partial charge in [-0.3, -0.25) is 9.69 Å².